The van der Waals surface area contributed by atoms with Gasteiger partial charge in [-0.1, -0.05) is 66.7 Å². The number of nitrogens with zero attached hydrogens (tertiary/aromatic N) is 4. The van der Waals surface area contributed by atoms with Crippen LogP contribution in [0.15, 0.2) is 78.9 Å². The van der Waals surface area contributed by atoms with Crippen molar-refractivity contribution in [3.8, 4) is 5.75 Å². The van der Waals surface area contributed by atoms with E-state index in [1.165, 1.54) is 12.8 Å². The van der Waals surface area contributed by atoms with E-state index in [0.717, 1.165) is 53.9 Å². The second-order valence-electron chi connectivity index (χ2n) is 12.7. The Morgan fingerprint density at radius 3 is 2.27 bits per heavy atom. The molecule has 3 aliphatic rings. The molecule has 2 saturated heterocycles. The maximum atomic E-state index is 14.6. The van der Waals surface area contributed by atoms with Gasteiger partial charge in [0.1, 0.15) is 24.4 Å². The highest BCUT2D eigenvalue weighted by Crippen LogP contribution is 2.37. The van der Waals surface area contributed by atoms with Crippen molar-refractivity contribution in [3.05, 3.63) is 101 Å². The molecule has 236 valence electrons. The summed E-state index contributed by atoms with van der Waals surface area (Å²) in [7, 11) is 0.911. The lowest BCUT2D eigenvalue weighted by Gasteiger charge is -2.44. The lowest BCUT2D eigenvalue weighted by atomic mass is 9.81. The third-order valence-corrected chi connectivity index (χ3v) is 9.89. The molecule has 0 radical (unpaired) electrons. The summed E-state index contributed by atoms with van der Waals surface area (Å²) < 4.78 is 6.14. The van der Waals surface area contributed by atoms with Crippen molar-refractivity contribution >= 4 is 18.9 Å². The van der Waals surface area contributed by atoms with E-state index in [2.05, 4.69) is 4.90 Å². The highest BCUT2D eigenvalue weighted by atomic mass is 16.5. The molecule has 2 amide bonds. The van der Waals surface area contributed by atoms with E-state index in [1.54, 1.807) is 23.6 Å². The zero-order valence-corrected chi connectivity index (χ0v) is 26.6. The van der Waals surface area contributed by atoms with E-state index in [4.69, 9.17) is 4.74 Å². The fraction of sp³-hybridized carbons (Fsp3) is 0.444. The number of piperidine rings is 1. The zero-order valence-electron chi connectivity index (χ0n) is 26.6. The van der Waals surface area contributed by atoms with Crippen molar-refractivity contribution < 1.29 is 19.3 Å². The van der Waals surface area contributed by atoms with Crippen LogP contribution in [-0.4, -0.2) is 89.2 Å². The minimum Gasteiger partial charge on any atom is -0.489 e. The van der Waals surface area contributed by atoms with Gasteiger partial charge in [-0.15, -0.1) is 0 Å². The molecule has 3 aliphatic heterocycles. The van der Waals surface area contributed by atoms with Gasteiger partial charge in [0.25, 0.3) is 0 Å². The van der Waals surface area contributed by atoms with Crippen LogP contribution < -0.4 is 4.74 Å². The maximum Gasteiger partial charge on any atom is 0.377 e. The van der Waals surface area contributed by atoms with Crippen molar-refractivity contribution in [1.82, 2.24) is 19.5 Å². The van der Waals surface area contributed by atoms with Gasteiger partial charge in [-0.05, 0) is 93.5 Å². The first-order chi connectivity index (χ1) is 21.9. The van der Waals surface area contributed by atoms with Gasteiger partial charge in [-0.2, -0.15) is 0 Å². The first-order valence-electron chi connectivity index (χ1n) is 16.5. The van der Waals surface area contributed by atoms with E-state index < -0.39 is 19.1 Å². The zero-order chi connectivity index (χ0) is 31.3. The third kappa shape index (κ3) is 6.96. The lowest BCUT2D eigenvalue weighted by molar-refractivity contribution is -0.150. The van der Waals surface area contributed by atoms with Crippen LogP contribution in [0.25, 0.3) is 0 Å². The summed E-state index contributed by atoms with van der Waals surface area (Å²) in [5, 5.41) is 10.6. The van der Waals surface area contributed by atoms with Gasteiger partial charge in [-0.3, -0.25) is 9.59 Å². The van der Waals surface area contributed by atoms with Crippen molar-refractivity contribution in [2.75, 3.05) is 39.8 Å². The number of amides is 2. The number of fused-ring (bicyclic) bond motifs is 1. The number of likely N-dealkylation sites (N-methyl/N-ethyl adjacent to an activating group) is 1. The first kappa shape index (κ1) is 31.3. The molecule has 9 heteroatoms. The van der Waals surface area contributed by atoms with Gasteiger partial charge in [0, 0.05) is 25.7 Å². The SMILES string of the molecule is CB(O)N(C)C(C(=O)N1CCc2cc(OCc3ccccc3)ccc2C1C(=O)N1CCC(N2CCCC2)CC1)c1ccccc1. The van der Waals surface area contributed by atoms with Crippen LogP contribution in [0, 0.1) is 0 Å². The first-order valence-corrected chi connectivity index (χ1v) is 16.5. The summed E-state index contributed by atoms with van der Waals surface area (Å²) in [6, 6.07) is 24.6. The molecule has 3 heterocycles. The van der Waals surface area contributed by atoms with Crippen molar-refractivity contribution in [3.63, 3.8) is 0 Å². The summed E-state index contributed by atoms with van der Waals surface area (Å²) in [6.07, 6.45) is 5.06. The molecule has 0 bridgehead atoms. The number of ether oxygens (including phenoxy) is 1. The fourth-order valence-corrected chi connectivity index (χ4v) is 7.23. The number of carbonyl (C=O) groups excluding carboxylic acids is 2. The van der Waals surface area contributed by atoms with Gasteiger partial charge in [-0.25, -0.2) is 0 Å². The van der Waals surface area contributed by atoms with Crippen LogP contribution in [0.2, 0.25) is 6.82 Å². The Kier molecular flexibility index (Phi) is 9.88. The molecule has 6 rings (SSSR count). The summed E-state index contributed by atoms with van der Waals surface area (Å²) >= 11 is 0. The number of rotatable bonds is 9. The average Bonchev–Trinajstić information content (AvgIpc) is 3.63. The topological polar surface area (TPSA) is 76.6 Å². The van der Waals surface area contributed by atoms with E-state index in [0.29, 0.717) is 38.7 Å². The number of hydrogen-bond donors (Lipinski definition) is 1. The van der Waals surface area contributed by atoms with E-state index in [1.807, 2.05) is 83.8 Å². The summed E-state index contributed by atoms with van der Waals surface area (Å²) in [5.74, 6) is 0.560. The monoisotopic (exact) mass is 608 g/mol. The standard InChI is InChI=1S/C36H45BN4O4/c1-37(44)38(2)33(28-13-7-4-8-14-28)36(43)41-24-17-29-25-31(45-26-27-11-5-3-6-12-27)15-16-32(29)34(41)35(42)40-22-18-30(19-23-40)39-20-9-10-21-39/h3-8,11-16,25,30,33-34,44H,9-10,17-24,26H2,1-2H3. The minimum absolute atomic E-state index is 0.0198. The van der Waals surface area contributed by atoms with Gasteiger partial charge >= 0.3 is 7.05 Å². The minimum atomic E-state index is -0.848. The Bertz CT molecular complexity index is 1440. The van der Waals surface area contributed by atoms with Gasteiger partial charge in [0.05, 0.1) is 0 Å². The van der Waals surface area contributed by atoms with Crippen LogP contribution in [0.4, 0.5) is 0 Å². The molecular weight excluding hydrogens is 563 g/mol. The summed E-state index contributed by atoms with van der Waals surface area (Å²) in [5.41, 5.74) is 3.78. The Balaban J connectivity index is 1.29. The molecule has 3 aromatic carbocycles. The molecule has 0 saturated carbocycles. The number of hydrogen-bond acceptors (Lipinski definition) is 6. The largest absolute Gasteiger partial charge is 0.489 e. The Hall–Kier alpha value is -3.66. The molecule has 2 atom stereocenters. The molecule has 0 spiro atoms. The number of likely N-dealkylation sites (tertiary alicyclic amines) is 2. The Morgan fingerprint density at radius 2 is 1.60 bits per heavy atom. The summed E-state index contributed by atoms with van der Waals surface area (Å²) in [6.45, 7) is 6.24. The number of benzene rings is 3. The normalized spacial score (nSPS) is 19.8. The molecule has 2 fully saturated rings. The average molecular weight is 609 g/mol. The summed E-state index contributed by atoms with van der Waals surface area (Å²) in [4.78, 5) is 37.1. The fourth-order valence-electron chi connectivity index (χ4n) is 7.23. The van der Waals surface area contributed by atoms with Crippen LogP contribution in [0.5, 0.6) is 5.75 Å². The van der Waals surface area contributed by atoms with Gasteiger partial charge < -0.3 is 29.3 Å². The van der Waals surface area contributed by atoms with Crippen molar-refractivity contribution in [2.24, 2.45) is 0 Å². The molecular formula is C36H45BN4O4. The number of carbonyl (C=O) groups is 2. The highest BCUT2D eigenvalue weighted by molar-refractivity contribution is 6.45. The molecule has 45 heavy (non-hydrogen) atoms. The van der Waals surface area contributed by atoms with Gasteiger partial charge in [0.2, 0.25) is 11.8 Å². The van der Waals surface area contributed by atoms with Crippen LogP contribution in [0.1, 0.15) is 60.0 Å². The second-order valence-corrected chi connectivity index (χ2v) is 12.7. The Labute approximate surface area is 267 Å². The third-order valence-electron chi connectivity index (χ3n) is 9.89. The van der Waals surface area contributed by atoms with E-state index in [9.17, 15) is 14.6 Å². The maximum absolute atomic E-state index is 14.6. The highest BCUT2D eigenvalue weighted by Gasteiger charge is 2.43. The van der Waals surface area contributed by atoms with Crippen LogP contribution in [-0.2, 0) is 22.6 Å². The second kappa shape index (κ2) is 14.2. The quantitative estimate of drug-likeness (QED) is 0.359. The Morgan fingerprint density at radius 1 is 0.933 bits per heavy atom. The van der Waals surface area contributed by atoms with E-state index in [-0.39, 0.29) is 11.8 Å². The van der Waals surface area contributed by atoms with Crippen LogP contribution >= 0.6 is 0 Å². The molecule has 0 aromatic heterocycles. The smallest absolute Gasteiger partial charge is 0.377 e. The predicted molar refractivity (Wildman–Crippen MR) is 177 cm³/mol. The van der Waals surface area contributed by atoms with Crippen LogP contribution in [0.3, 0.4) is 0 Å². The molecule has 1 N–H and O–H groups in total. The van der Waals surface area contributed by atoms with Crippen molar-refractivity contribution in [2.45, 2.75) is 63.7 Å². The molecule has 0 aliphatic carbocycles. The molecule has 8 nitrogen and oxygen atoms in total. The molecule has 3 aromatic rings. The van der Waals surface area contributed by atoms with Crippen molar-refractivity contribution in [1.29, 1.82) is 0 Å². The lowest BCUT2D eigenvalue weighted by Crippen LogP contribution is -2.54. The molecule has 2 unspecified atom stereocenters. The van der Waals surface area contributed by atoms with E-state index >= 15 is 0 Å². The predicted octanol–water partition coefficient (Wildman–Crippen LogP) is 4.56. The van der Waals surface area contributed by atoms with Gasteiger partial charge in [0.15, 0.2) is 0 Å².